The van der Waals surface area contributed by atoms with Gasteiger partial charge in [-0.15, -0.1) is 0 Å². The smallest absolute Gasteiger partial charge is 0.00504 e. The van der Waals surface area contributed by atoms with E-state index in [1.807, 2.05) is 0 Å². The summed E-state index contributed by atoms with van der Waals surface area (Å²) in [6.45, 7) is 20.1. The van der Waals surface area contributed by atoms with Gasteiger partial charge in [-0.05, 0) is 32.0 Å². The molecule has 0 fully saturated rings. The SMILES string of the molecule is CCC(C)CC.CCC(C)CC.CCN(C)CC. The molecule has 0 heterocycles. The lowest BCUT2D eigenvalue weighted by Gasteiger charge is -2.07. The molecular formula is C17H41N. The van der Waals surface area contributed by atoms with Crippen LogP contribution in [0.5, 0.6) is 0 Å². The summed E-state index contributed by atoms with van der Waals surface area (Å²) < 4.78 is 0. The van der Waals surface area contributed by atoms with Gasteiger partial charge in [-0.1, -0.05) is 81.1 Å². The van der Waals surface area contributed by atoms with Gasteiger partial charge in [-0.3, -0.25) is 0 Å². The molecule has 0 spiro atoms. The van der Waals surface area contributed by atoms with E-state index in [1.165, 1.54) is 25.7 Å². The van der Waals surface area contributed by atoms with E-state index in [0.717, 1.165) is 24.9 Å². The van der Waals surface area contributed by atoms with E-state index in [2.05, 4.69) is 67.3 Å². The Morgan fingerprint density at radius 3 is 0.833 bits per heavy atom. The fourth-order valence-corrected chi connectivity index (χ4v) is 0.801. The highest BCUT2D eigenvalue weighted by Crippen LogP contribution is 2.03. The average Bonchev–Trinajstić information content (AvgIpc) is 2.45. The average molecular weight is 260 g/mol. The van der Waals surface area contributed by atoms with Crippen molar-refractivity contribution in [3.63, 3.8) is 0 Å². The summed E-state index contributed by atoms with van der Waals surface area (Å²) in [6.07, 6.45) is 5.32. The summed E-state index contributed by atoms with van der Waals surface area (Å²) in [6, 6.07) is 0. The van der Waals surface area contributed by atoms with Crippen molar-refractivity contribution in [3.05, 3.63) is 0 Å². The van der Waals surface area contributed by atoms with Gasteiger partial charge in [-0.25, -0.2) is 0 Å². The molecule has 0 saturated carbocycles. The Balaban J connectivity index is -0.000000187. The normalized spacial score (nSPS) is 10.0. The monoisotopic (exact) mass is 259 g/mol. The lowest BCUT2D eigenvalue weighted by atomic mass is 10.1. The van der Waals surface area contributed by atoms with E-state index in [4.69, 9.17) is 0 Å². The molecule has 18 heavy (non-hydrogen) atoms. The van der Waals surface area contributed by atoms with Gasteiger partial charge in [0, 0.05) is 0 Å². The molecule has 1 nitrogen and oxygen atoms in total. The van der Waals surface area contributed by atoms with Crippen LogP contribution in [0, 0.1) is 11.8 Å². The summed E-state index contributed by atoms with van der Waals surface area (Å²) in [5.41, 5.74) is 0. The van der Waals surface area contributed by atoms with E-state index in [0.29, 0.717) is 0 Å². The van der Waals surface area contributed by atoms with Crippen LogP contribution in [-0.2, 0) is 0 Å². The summed E-state index contributed by atoms with van der Waals surface area (Å²) in [4.78, 5) is 2.25. The molecular weight excluding hydrogens is 218 g/mol. The molecule has 0 aromatic carbocycles. The van der Waals surface area contributed by atoms with Gasteiger partial charge >= 0.3 is 0 Å². The van der Waals surface area contributed by atoms with Crippen molar-refractivity contribution in [2.45, 2.75) is 81.1 Å². The molecule has 0 amide bonds. The molecule has 0 aliphatic carbocycles. The second-order valence-electron chi connectivity index (χ2n) is 5.33. The zero-order valence-electron chi connectivity index (χ0n) is 14.8. The van der Waals surface area contributed by atoms with E-state index in [-0.39, 0.29) is 0 Å². The summed E-state index contributed by atoms with van der Waals surface area (Å²) in [5, 5.41) is 0. The standard InChI is InChI=1S/2C6H14.C5H13N/c3*1-4-6(3)5-2/h2*6H,4-5H2,1-3H3;4-5H2,1-3H3. The highest BCUT2D eigenvalue weighted by Gasteiger charge is 1.89. The number of nitrogens with zero attached hydrogens (tertiary/aromatic N) is 1. The Hall–Kier alpha value is -0.0400. The summed E-state index contributed by atoms with van der Waals surface area (Å²) in [5.74, 6) is 1.87. The molecule has 0 saturated heterocycles. The van der Waals surface area contributed by atoms with Crippen molar-refractivity contribution < 1.29 is 0 Å². The third-order valence-corrected chi connectivity index (χ3v) is 3.87. The van der Waals surface area contributed by atoms with Crippen LogP contribution < -0.4 is 0 Å². The first-order chi connectivity index (χ1) is 8.42. The molecule has 1 heteroatoms. The number of rotatable bonds is 6. The molecule has 0 aromatic heterocycles. The molecule has 0 rings (SSSR count). The van der Waals surface area contributed by atoms with E-state index in [9.17, 15) is 0 Å². The molecule has 0 aliphatic heterocycles. The molecule has 0 aliphatic rings. The first kappa shape index (κ1) is 23.1. The fourth-order valence-electron chi connectivity index (χ4n) is 0.801. The van der Waals surface area contributed by atoms with E-state index >= 15 is 0 Å². The van der Waals surface area contributed by atoms with Crippen molar-refractivity contribution in [3.8, 4) is 0 Å². The third kappa shape index (κ3) is 25.0. The largest absolute Gasteiger partial charge is 0.307 e. The second kappa shape index (κ2) is 19.3. The number of hydrogen-bond donors (Lipinski definition) is 0. The maximum absolute atomic E-state index is 2.28. The highest BCUT2D eigenvalue weighted by molar-refractivity contribution is 4.42. The van der Waals surface area contributed by atoms with Crippen molar-refractivity contribution >= 4 is 0 Å². The van der Waals surface area contributed by atoms with Crippen LogP contribution in [0.1, 0.15) is 81.1 Å². The Labute approximate surface area is 118 Å². The van der Waals surface area contributed by atoms with Crippen molar-refractivity contribution in [1.29, 1.82) is 0 Å². The van der Waals surface area contributed by atoms with Gasteiger partial charge in [0.1, 0.15) is 0 Å². The van der Waals surface area contributed by atoms with Gasteiger partial charge in [0.2, 0.25) is 0 Å². The minimum atomic E-state index is 0.935. The Morgan fingerprint density at radius 2 is 0.833 bits per heavy atom. The van der Waals surface area contributed by atoms with E-state index < -0.39 is 0 Å². The van der Waals surface area contributed by atoms with Crippen molar-refractivity contribution in [2.75, 3.05) is 20.1 Å². The van der Waals surface area contributed by atoms with Gasteiger partial charge in [0.15, 0.2) is 0 Å². The van der Waals surface area contributed by atoms with Crippen LogP contribution in [0.3, 0.4) is 0 Å². The van der Waals surface area contributed by atoms with Crippen LogP contribution in [0.2, 0.25) is 0 Å². The third-order valence-electron chi connectivity index (χ3n) is 3.87. The van der Waals surface area contributed by atoms with Crippen molar-refractivity contribution in [1.82, 2.24) is 4.90 Å². The number of hydrogen-bond acceptors (Lipinski definition) is 1. The van der Waals surface area contributed by atoms with Crippen LogP contribution in [0.15, 0.2) is 0 Å². The van der Waals surface area contributed by atoms with Crippen LogP contribution in [0.25, 0.3) is 0 Å². The zero-order valence-corrected chi connectivity index (χ0v) is 14.8. The lowest BCUT2D eigenvalue weighted by Crippen LogP contribution is -2.15. The summed E-state index contributed by atoms with van der Waals surface area (Å²) >= 11 is 0. The first-order valence-corrected chi connectivity index (χ1v) is 8.11. The minimum absolute atomic E-state index is 0.935. The zero-order chi connectivity index (χ0) is 15.0. The van der Waals surface area contributed by atoms with Crippen LogP contribution >= 0.6 is 0 Å². The molecule has 0 atom stereocenters. The molecule has 0 N–H and O–H groups in total. The first-order valence-electron chi connectivity index (χ1n) is 8.11. The minimum Gasteiger partial charge on any atom is -0.307 e. The predicted octanol–water partition coefficient (Wildman–Crippen LogP) is 5.84. The predicted molar refractivity (Wildman–Crippen MR) is 88.3 cm³/mol. The molecule has 0 unspecified atom stereocenters. The molecule has 0 bridgehead atoms. The van der Waals surface area contributed by atoms with Gasteiger partial charge in [0.25, 0.3) is 0 Å². The van der Waals surface area contributed by atoms with Gasteiger partial charge in [-0.2, -0.15) is 0 Å². The van der Waals surface area contributed by atoms with Gasteiger partial charge in [0.05, 0.1) is 0 Å². The van der Waals surface area contributed by atoms with Crippen LogP contribution in [0.4, 0.5) is 0 Å². The molecule has 0 aromatic rings. The summed E-state index contributed by atoms with van der Waals surface area (Å²) in [7, 11) is 2.11. The Morgan fingerprint density at radius 1 is 0.611 bits per heavy atom. The fraction of sp³-hybridized carbons (Fsp3) is 1.00. The van der Waals surface area contributed by atoms with Crippen molar-refractivity contribution in [2.24, 2.45) is 11.8 Å². The van der Waals surface area contributed by atoms with E-state index in [1.54, 1.807) is 0 Å². The second-order valence-corrected chi connectivity index (χ2v) is 5.33. The molecule has 0 radical (unpaired) electrons. The highest BCUT2D eigenvalue weighted by atomic mass is 15.1. The lowest BCUT2D eigenvalue weighted by molar-refractivity contribution is 0.373. The maximum Gasteiger partial charge on any atom is -0.00504 e. The Kier molecular flexibility index (Phi) is 24.8. The molecule has 114 valence electrons. The van der Waals surface area contributed by atoms with Gasteiger partial charge < -0.3 is 4.90 Å². The van der Waals surface area contributed by atoms with Crippen LogP contribution in [-0.4, -0.2) is 25.0 Å². The Bertz CT molecular complexity index is 87.0. The topological polar surface area (TPSA) is 3.24 Å². The maximum atomic E-state index is 2.28. The quantitative estimate of drug-likeness (QED) is 0.579.